The number of hydrogen-bond donors (Lipinski definition) is 1. The molecule has 0 aromatic heterocycles. The van der Waals surface area contributed by atoms with Crippen molar-refractivity contribution in [3.05, 3.63) is 94.1 Å². The van der Waals surface area contributed by atoms with E-state index in [1.807, 2.05) is 51.1 Å². The molecule has 0 spiro atoms. The first kappa shape index (κ1) is 24.7. The summed E-state index contributed by atoms with van der Waals surface area (Å²) in [7, 11) is 0. The van der Waals surface area contributed by atoms with Crippen LogP contribution in [0.2, 0.25) is 0 Å². The number of aryl methyl sites for hydroxylation is 3. The van der Waals surface area contributed by atoms with E-state index in [1.165, 1.54) is 6.08 Å². The molecular weight excluding hydrogens is 456 g/mol. The van der Waals surface area contributed by atoms with Gasteiger partial charge >= 0.3 is 6.03 Å². The number of carbonyl (C=O) groups is 3. The smallest absolute Gasteiger partial charge is 0.335 e. The molecule has 1 aliphatic rings. The molecule has 184 valence electrons. The zero-order valence-corrected chi connectivity index (χ0v) is 20.8. The van der Waals surface area contributed by atoms with Crippen molar-refractivity contribution < 1.29 is 23.9 Å². The second kappa shape index (κ2) is 10.5. The highest BCUT2D eigenvalue weighted by Crippen LogP contribution is 2.31. The molecule has 1 fully saturated rings. The van der Waals surface area contributed by atoms with Crippen LogP contribution in [0.1, 0.15) is 34.7 Å². The van der Waals surface area contributed by atoms with Crippen LogP contribution >= 0.6 is 0 Å². The van der Waals surface area contributed by atoms with E-state index in [4.69, 9.17) is 9.47 Å². The van der Waals surface area contributed by atoms with Gasteiger partial charge < -0.3 is 9.47 Å². The average Bonchev–Trinajstić information content (AvgIpc) is 2.83. The summed E-state index contributed by atoms with van der Waals surface area (Å²) in [6, 6.07) is 17.9. The van der Waals surface area contributed by atoms with Crippen molar-refractivity contribution in [3.8, 4) is 11.5 Å². The molecule has 0 unspecified atom stereocenters. The van der Waals surface area contributed by atoms with E-state index in [9.17, 15) is 14.4 Å². The monoisotopic (exact) mass is 484 g/mol. The highest BCUT2D eigenvalue weighted by molar-refractivity contribution is 6.39. The van der Waals surface area contributed by atoms with Gasteiger partial charge in [0, 0.05) is 0 Å². The van der Waals surface area contributed by atoms with Gasteiger partial charge in [-0.15, -0.1) is 0 Å². The van der Waals surface area contributed by atoms with Crippen molar-refractivity contribution in [1.29, 1.82) is 0 Å². The number of benzene rings is 3. The number of urea groups is 1. The van der Waals surface area contributed by atoms with Gasteiger partial charge in [0.05, 0.1) is 12.3 Å². The van der Waals surface area contributed by atoms with Crippen molar-refractivity contribution in [3.63, 3.8) is 0 Å². The Morgan fingerprint density at radius 3 is 2.39 bits per heavy atom. The molecule has 3 aromatic rings. The maximum Gasteiger partial charge on any atom is 0.335 e. The number of nitrogens with zero attached hydrogens (tertiary/aromatic N) is 1. The number of amides is 4. The van der Waals surface area contributed by atoms with Gasteiger partial charge in [-0.25, -0.2) is 9.69 Å². The maximum atomic E-state index is 13.3. The van der Waals surface area contributed by atoms with Crippen LogP contribution in [0.5, 0.6) is 11.5 Å². The Bertz CT molecular complexity index is 1380. The molecule has 0 radical (unpaired) electrons. The molecule has 0 bridgehead atoms. The minimum absolute atomic E-state index is 0.147. The lowest BCUT2D eigenvalue weighted by Gasteiger charge is -2.27. The second-order valence-corrected chi connectivity index (χ2v) is 8.66. The molecule has 0 aliphatic carbocycles. The van der Waals surface area contributed by atoms with E-state index < -0.39 is 17.8 Å². The Balaban J connectivity index is 1.63. The number of ether oxygens (including phenoxy) is 2. The zero-order chi connectivity index (χ0) is 25.8. The Labute approximate surface area is 210 Å². The van der Waals surface area contributed by atoms with Gasteiger partial charge in [0.25, 0.3) is 11.8 Å². The lowest BCUT2D eigenvalue weighted by atomic mass is 10.0. The summed E-state index contributed by atoms with van der Waals surface area (Å²) in [6.07, 6.45) is 1.45. The summed E-state index contributed by atoms with van der Waals surface area (Å²) in [5.41, 5.74) is 4.66. The molecular formula is C29H28N2O5. The van der Waals surface area contributed by atoms with Crippen LogP contribution in [-0.4, -0.2) is 24.5 Å². The molecule has 1 saturated heterocycles. The van der Waals surface area contributed by atoms with Gasteiger partial charge in [0.1, 0.15) is 12.2 Å². The average molecular weight is 485 g/mol. The van der Waals surface area contributed by atoms with Crippen LogP contribution in [0.15, 0.2) is 66.2 Å². The van der Waals surface area contributed by atoms with Crippen molar-refractivity contribution in [2.45, 2.75) is 34.3 Å². The van der Waals surface area contributed by atoms with E-state index in [0.29, 0.717) is 36.0 Å². The third kappa shape index (κ3) is 5.30. The van der Waals surface area contributed by atoms with Gasteiger partial charge in [-0.05, 0) is 74.2 Å². The van der Waals surface area contributed by atoms with Gasteiger partial charge in [-0.2, -0.15) is 0 Å². The normalized spacial score (nSPS) is 14.7. The number of imide groups is 2. The Morgan fingerprint density at radius 1 is 0.861 bits per heavy atom. The van der Waals surface area contributed by atoms with Crippen LogP contribution in [0.25, 0.3) is 6.08 Å². The highest BCUT2D eigenvalue weighted by atomic mass is 16.5. The maximum absolute atomic E-state index is 13.3. The number of carbonyl (C=O) groups excluding carboxylic acids is 3. The van der Waals surface area contributed by atoms with Crippen LogP contribution in [0.3, 0.4) is 0 Å². The van der Waals surface area contributed by atoms with Crippen LogP contribution in [0, 0.1) is 20.8 Å². The predicted octanol–water partition coefficient (Wildman–Crippen LogP) is 5.26. The van der Waals surface area contributed by atoms with Crippen molar-refractivity contribution in [2.75, 3.05) is 11.5 Å². The topological polar surface area (TPSA) is 84.9 Å². The van der Waals surface area contributed by atoms with E-state index in [-0.39, 0.29) is 5.57 Å². The third-order valence-electron chi connectivity index (χ3n) is 5.76. The van der Waals surface area contributed by atoms with Gasteiger partial charge in [0.2, 0.25) is 0 Å². The van der Waals surface area contributed by atoms with Crippen LogP contribution < -0.4 is 19.7 Å². The van der Waals surface area contributed by atoms with Crippen molar-refractivity contribution >= 4 is 29.6 Å². The Kier molecular flexibility index (Phi) is 7.20. The molecule has 1 N–H and O–H groups in total. The molecule has 4 amide bonds. The molecule has 4 rings (SSSR count). The third-order valence-corrected chi connectivity index (χ3v) is 5.76. The molecule has 3 aromatic carbocycles. The highest BCUT2D eigenvalue weighted by Gasteiger charge is 2.37. The molecule has 36 heavy (non-hydrogen) atoms. The van der Waals surface area contributed by atoms with Gasteiger partial charge in [0.15, 0.2) is 11.5 Å². The van der Waals surface area contributed by atoms with Gasteiger partial charge in [-0.3, -0.25) is 14.9 Å². The molecule has 1 heterocycles. The van der Waals surface area contributed by atoms with Crippen LogP contribution in [-0.2, 0) is 16.2 Å². The first-order chi connectivity index (χ1) is 17.3. The number of hydrogen-bond acceptors (Lipinski definition) is 5. The summed E-state index contributed by atoms with van der Waals surface area (Å²) in [4.78, 5) is 39.5. The Hall–Kier alpha value is -4.39. The summed E-state index contributed by atoms with van der Waals surface area (Å²) >= 11 is 0. The van der Waals surface area contributed by atoms with Crippen molar-refractivity contribution in [1.82, 2.24) is 5.32 Å². The largest absolute Gasteiger partial charge is 0.490 e. The molecule has 7 heteroatoms. The number of barbiturate groups is 1. The first-order valence-electron chi connectivity index (χ1n) is 11.7. The predicted molar refractivity (Wildman–Crippen MR) is 138 cm³/mol. The molecule has 0 saturated carbocycles. The summed E-state index contributed by atoms with van der Waals surface area (Å²) in [6.45, 7) is 8.34. The summed E-state index contributed by atoms with van der Waals surface area (Å²) < 4.78 is 11.8. The van der Waals surface area contributed by atoms with Crippen LogP contribution in [0.4, 0.5) is 10.5 Å². The molecule has 7 nitrogen and oxygen atoms in total. The number of rotatable bonds is 7. The summed E-state index contributed by atoms with van der Waals surface area (Å²) in [5, 5.41) is 2.27. The van der Waals surface area contributed by atoms with E-state index in [1.54, 1.807) is 31.2 Å². The summed E-state index contributed by atoms with van der Waals surface area (Å²) in [5.74, 6) is -0.391. The second-order valence-electron chi connectivity index (χ2n) is 8.66. The Morgan fingerprint density at radius 2 is 1.64 bits per heavy atom. The number of anilines is 1. The van der Waals surface area contributed by atoms with E-state index in [0.717, 1.165) is 27.2 Å². The fourth-order valence-electron chi connectivity index (χ4n) is 3.97. The fourth-order valence-corrected chi connectivity index (χ4v) is 3.97. The number of nitrogens with one attached hydrogen (secondary N) is 1. The minimum atomic E-state index is -0.772. The van der Waals surface area contributed by atoms with E-state index >= 15 is 0 Å². The minimum Gasteiger partial charge on any atom is -0.490 e. The van der Waals surface area contributed by atoms with E-state index in [2.05, 4.69) is 11.4 Å². The first-order valence-corrected chi connectivity index (χ1v) is 11.7. The molecule has 0 atom stereocenters. The zero-order valence-electron chi connectivity index (χ0n) is 20.8. The fraction of sp³-hybridized carbons (Fsp3) is 0.207. The lowest BCUT2D eigenvalue weighted by Crippen LogP contribution is -2.54. The lowest BCUT2D eigenvalue weighted by molar-refractivity contribution is -0.122. The SMILES string of the molecule is CCOc1cc(/C=C2\C(=O)NC(=O)N(c3cc(C)ccc3C)C2=O)ccc1OCc1cccc(C)c1. The van der Waals surface area contributed by atoms with Crippen molar-refractivity contribution in [2.24, 2.45) is 0 Å². The quantitative estimate of drug-likeness (QED) is 0.365. The standard InChI is InChI=1S/C29H28N2O5/c1-5-35-26-16-21(11-12-25(26)36-17-22-8-6-7-18(2)13-22)15-23-27(32)30-29(34)31(28(23)33)24-14-19(3)9-10-20(24)4/h6-16H,5,17H2,1-4H3,(H,30,32,34)/b23-15+. The molecule has 1 aliphatic heterocycles. The van der Waals surface area contributed by atoms with Gasteiger partial charge in [-0.1, -0.05) is 48.0 Å².